The first-order valence-electron chi connectivity index (χ1n) is 8.01. The second-order valence-corrected chi connectivity index (χ2v) is 8.41. The number of ether oxygens (including phenoxy) is 1. The van der Waals surface area contributed by atoms with E-state index in [1.54, 1.807) is 18.0 Å². The molecule has 1 aromatic rings. The summed E-state index contributed by atoms with van der Waals surface area (Å²) in [5.41, 5.74) is 0. The van der Waals surface area contributed by atoms with Gasteiger partial charge in [0, 0.05) is 25.2 Å². The zero-order valence-electron chi connectivity index (χ0n) is 14.3. The van der Waals surface area contributed by atoms with Gasteiger partial charge in [-0.25, -0.2) is 8.42 Å². The van der Waals surface area contributed by atoms with Gasteiger partial charge in [0.2, 0.25) is 10.0 Å². The Bertz CT molecular complexity index is 725. The van der Waals surface area contributed by atoms with E-state index in [1.165, 1.54) is 23.5 Å². The SMILES string of the molecule is COc1ccc(Cl)c(S(=O)(=O)N2CCCC(N(C)CC(=O)O)CC2)c1. The number of hydrogen-bond acceptors (Lipinski definition) is 5. The van der Waals surface area contributed by atoms with Crippen LogP contribution < -0.4 is 4.74 Å². The fourth-order valence-electron chi connectivity index (χ4n) is 3.02. The van der Waals surface area contributed by atoms with Crippen molar-refractivity contribution in [2.24, 2.45) is 0 Å². The molecule has 1 aliphatic rings. The van der Waals surface area contributed by atoms with E-state index in [0.29, 0.717) is 31.7 Å². The summed E-state index contributed by atoms with van der Waals surface area (Å²) in [7, 11) is -0.516. The molecule has 0 bridgehead atoms. The molecule has 0 aromatic heterocycles. The molecule has 25 heavy (non-hydrogen) atoms. The summed E-state index contributed by atoms with van der Waals surface area (Å²) in [5, 5.41) is 9.08. The predicted octanol–water partition coefficient (Wildman–Crippen LogP) is 1.91. The lowest BCUT2D eigenvalue weighted by Crippen LogP contribution is -2.37. The van der Waals surface area contributed by atoms with Crippen molar-refractivity contribution < 1.29 is 23.1 Å². The van der Waals surface area contributed by atoms with E-state index in [9.17, 15) is 13.2 Å². The van der Waals surface area contributed by atoms with Gasteiger partial charge in [0.1, 0.15) is 10.6 Å². The number of carbonyl (C=O) groups is 1. The molecular formula is C16H23ClN2O5S. The summed E-state index contributed by atoms with van der Waals surface area (Å²) in [6.07, 6.45) is 1.99. The Morgan fingerprint density at radius 1 is 1.40 bits per heavy atom. The number of rotatable bonds is 6. The average molecular weight is 391 g/mol. The third kappa shape index (κ3) is 4.84. The summed E-state index contributed by atoms with van der Waals surface area (Å²) < 4.78 is 32.4. The molecule has 140 valence electrons. The van der Waals surface area contributed by atoms with Crippen LogP contribution in [0.5, 0.6) is 5.75 Å². The number of halogens is 1. The molecule has 1 fully saturated rings. The van der Waals surface area contributed by atoms with Gasteiger partial charge in [0.15, 0.2) is 0 Å². The number of benzene rings is 1. The summed E-state index contributed by atoms with van der Waals surface area (Å²) in [6, 6.07) is 4.59. The second-order valence-electron chi connectivity index (χ2n) is 6.09. The normalized spacial score (nSPS) is 19.6. The zero-order valence-corrected chi connectivity index (χ0v) is 15.9. The quantitative estimate of drug-likeness (QED) is 0.798. The topological polar surface area (TPSA) is 87.2 Å². The van der Waals surface area contributed by atoms with E-state index < -0.39 is 16.0 Å². The smallest absolute Gasteiger partial charge is 0.317 e. The standard InChI is InChI=1S/C16H23ClN2O5S/c1-18(11-16(20)21)12-4-3-8-19(9-7-12)25(22,23)15-10-13(24-2)5-6-14(15)17/h5-6,10,12H,3-4,7-9,11H2,1-2H3,(H,20,21). The molecule has 1 atom stereocenters. The van der Waals surface area contributed by atoms with E-state index in [4.69, 9.17) is 21.4 Å². The zero-order chi connectivity index (χ0) is 18.6. The highest BCUT2D eigenvalue weighted by atomic mass is 35.5. The van der Waals surface area contributed by atoms with Crippen LogP contribution >= 0.6 is 11.6 Å². The third-order valence-corrected chi connectivity index (χ3v) is 6.80. The van der Waals surface area contributed by atoms with Gasteiger partial charge in [-0.15, -0.1) is 0 Å². The number of methoxy groups -OCH3 is 1. The molecule has 1 N–H and O–H groups in total. The second kappa shape index (κ2) is 8.35. The highest BCUT2D eigenvalue weighted by Gasteiger charge is 2.30. The van der Waals surface area contributed by atoms with Crippen LogP contribution in [0.25, 0.3) is 0 Å². The molecule has 0 aliphatic carbocycles. The van der Waals surface area contributed by atoms with Crippen molar-refractivity contribution in [3.05, 3.63) is 23.2 Å². The van der Waals surface area contributed by atoms with Gasteiger partial charge in [0.05, 0.1) is 18.7 Å². The first-order valence-corrected chi connectivity index (χ1v) is 9.83. The summed E-state index contributed by atoms with van der Waals surface area (Å²) in [5.74, 6) is -0.462. The van der Waals surface area contributed by atoms with Gasteiger partial charge >= 0.3 is 5.97 Å². The summed E-state index contributed by atoms with van der Waals surface area (Å²) in [6.45, 7) is 0.650. The largest absolute Gasteiger partial charge is 0.497 e. The van der Waals surface area contributed by atoms with Crippen molar-refractivity contribution >= 4 is 27.6 Å². The summed E-state index contributed by atoms with van der Waals surface area (Å²) >= 11 is 6.10. The van der Waals surface area contributed by atoms with E-state index in [0.717, 1.165) is 6.42 Å². The molecule has 1 saturated heterocycles. The van der Waals surface area contributed by atoms with Crippen molar-refractivity contribution in [3.8, 4) is 5.75 Å². The lowest BCUT2D eigenvalue weighted by molar-refractivity contribution is -0.138. The van der Waals surface area contributed by atoms with E-state index >= 15 is 0 Å². The molecular weight excluding hydrogens is 368 g/mol. The molecule has 0 saturated carbocycles. The number of nitrogens with zero attached hydrogens (tertiary/aromatic N) is 2. The van der Waals surface area contributed by atoms with Crippen LogP contribution in [0.1, 0.15) is 19.3 Å². The Balaban J connectivity index is 2.17. The van der Waals surface area contributed by atoms with Gasteiger partial charge in [-0.2, -0.15) is 4.31 Å². The minimum atomic E-state index is -3.73. The number of sulfonamides is 1. The number of carboxylic acids is 1. The predicted molar refractivity (Wildman–Crippen MR) is 94.7 cm³/mol. The molecule has 1 unspecified atom stereocenters. The maximum atomic E-state index is 13.0. The Morgan fingerprint density at radius 2 is 2.12 bits per heavy atom. The Morgan fingerprint density at radius 3 is 2.76 bits per heavy atom. The number of likely N-dealkylation sites (N-methyl/N-ethyl adjacent to an activating group) is 1. The molecule has 1 aliphatic heterocycles. The van der Waals surface area contributed by atoms with Crippen LogP contribution in [0.4, 0.5) is 0 Å². The van der Waals surface area contributed by atoms with Crippen LogP contribution in [0.3, 0.4) is 0 Å². The van der Waals surface area contributed by atoms with Crippen molar-refractivity contribution in [2.75, 3.05) is 33.8 Å². The molecule has 0 radical (unpaired) electrons. The first-order chi connectivity index (χ1) is 11.8. The lowest BCUT2D eigenvalue weighted by atomic mass is 10.1. The van der Waals surface area contributed by atoms with E-state index in [2.05, 4.69) is 0 Å². The van der Waals surface area contributed by atoms with Crippen molar-refractivity contribution in [3.63, 3.8) is 0 Å². The fourth-order valence-corrected chi connectivity index (χ4v) is 5.01. The molecule has 1 heterocycles. The number of carboxylic acid groups (broad SMARTS) is 1. The first kappa shape index (κ1) is 20.0. The highest BCUT2D eigenvalue weighted by Crippen LogP contribution is 2.30. The third-order valence-electron chi connectivity index (χ3n) is 4.42. The lowest BCUT2D eigenvalue weighted by Gasteiger charge is -2.25. The molecule has 9 heteroatoms. The average Bonchev–Trinajstić information content (AvgIpc) is 2.81. The van der Waals surface area contributed by atoms with Crippen LogP contribution in [-0.2, 0) is 14.8 Å². The van der Waals surface area contributed by atoms with Crippen LogP contribution in [0.2, 0.25) is 5.02 Å². The molecule has 0 spiro atoms. The summed E-state index contributed by atoms with van der Waals surface area (Å²) in [4.78, 5) is 12.7. The van der Waals surface area contributed by atoms with Gasteiger partial charge in [-0.3, -0.25) is 9.69 Å². The van der Waals surface area contributed by atoms with Crippen LogP contribution in [0.15, 0.2) is 23.1 Å². The molecule has 2 rings (SSSR count). The van der Waals surface area contributed by atoms with Crippen molar-refractivity contribution in [1.29, 1.82) is 0 Å². The van der Waals surface area contributed by atoms with Crippen molar-refractivity contribution in [2.45, 2.75) is 30.2 Å². The Hall–Kier alpha value is -1.35. The van der Waals surface area contributed by atoms with Gasteiger partial charge in [-0.05, 0) is 38.4 Å². The minimum Gasteiger partial charge on any atom is -0.497 e. The van der Waals surface area contributed by atoms with Gasteiger partial charge in [-0.1, -0.05) is 11.6 Å². The van der Waals surface area contributed by atoms with Gasteiger partial charge in [0.25, 0.3) is 0 Å². The number of hydrogen-bond donors (Lipinski definition) is 1. The highest BCUT2D eigenvalue weighted by molar-refractivity contribution is 7.89. The number of aliphatic carboxylic acids is 1. The van der Waals surface area contributed by atoms with Crippen molar-refractivity contribution in [1.82, 2.24) is 9.21 Å². The van der Waals surface area contributed by atoms with E-state index in [-0.39, 0.29) is 22.5 Å². The van der Waals surface area contributed by atoms with E-state index in [1.807, 2.05) is 0 Å². The minimum absolute atomic E-state index is 0.0332. The van der Waals surface area contributed by atoms with Crippen LogP contribution in [-0.4, -0.2) is 68.5 Å². The van der Waals surface area contributed by atoms with Crippen LogP contribution in [0, 0.1) is 0 Å². The maximum Gasteiger partial charge on any atom is 0.317 e. The fraction of sp³-hybridized carbons (Fsp3) is 0.562. The molecule has 1 aromatic carbocycles. The Labute approximate surface area is 153 Å². The Kier molecular flexibility index (Phi) is 6.67. The monoisotopic (exact) mass is 390 g/mol. The van der Waals surface area contributed by atoms with Gasteiger partial charge < -0.3 is 9.84 Å². The molecule has 7 nitrogen and oxygen atoms in total. The molecule has 0 amide bonds. The maximum absolute atomic E-state index is 13.0.